The zero-order valence-electron chi connectivity index (χ0n) is 13.1. The maximum Gasteiger partial charge on any atom is 0.308 e. The van der Waals surface area contributed by atoms with Gasteiger partial charge in [-0.2, -0.15) is 0 Å². The lowest BCUT2D eigenvalue weighted by Gasteiger charge is -2.39. The fourth-order valence-electron chi connectivity index (χ4n) is 3.79. The number of esters is 1. The molecule has 4 nitrogen and oxygen atoms in total. The average Bonchev–Trinajstić information content (AvgIpc) is 2.68. The topological polar surface area (TPSA) is 49.8 Å². The van der Waals surface area contributed by atoms with Crippen LogP contribution >= 0.6 is 0 Å². The van der Waals surface area contributed by atoms with Gasteiger partial charge < -0.3 is 9.84 Å². The zero-order valence-corrected chi connectivity index (χ0v) is 13.1. The highest BCUT2D eigenvalue weighted by molar-refractivity contribution is 5.72. The molecule has 2 aliphatic rings. The predicted molar refractivity (Wildman–Crippen MR) is 78.4 cm³/mol. The van der Waals surface area contributed by atoms with Crippen LogP contribution in [-0.2, 0) is 9.53 Å². The molecular formula is C16H29NO3. The maximum absolute atomic E-state index is 11.7. The number of likely N-dealkylation sites (tertiary alicyclic amines) is 1. The summed E-state index contributed by atoms with van der Waals surface area (Å²) < 4.78 is 5.08. The van der Waals surface area contributed by atoms with Gasteiger partial charge in [0.15, 0.2) is 0 Å². The Hall–Kier alpha value is -0.610. The van der Waals surface area contributed by atoms with Gasteiger partial charge in [0, 0.05) is 19.1 Å². The average molecular weight is 283 g/mol. The normalized spacial score (nSPS) is 38.9. The number of hydrogen-bond acceptors (Lipinski definition) is 4. The van der Waals surface area contributed by atoms with E-state index < -0.39 is 5.60 Å². The minimum atomic E-state index is -0.610. The third-order valence-electron chi connectivity index (χ3n) is 4.95. The molecule has 1 heterocycles. The van der Waals surface area contributed by atoms with Crippen molar-refractivity contribution in [2.24, 2.45) is 11.8 Å². The first-order valence-corrected chi connectivity index (χ1v) is 8.06. The second-order valence-electron chi connectivity index (χ2n) is 6.87. The summed E-state index contributed by atoms with van der Waals surface area (Å²) >= 11 is 0. The smallest absolute Gasteiger partial charge is 0.308 e. The Labute approximate surface area is 122 Å². The van der Waals surface area contributed by atoms with E-state index in [0.717, 1.165) is 31.8 Å². The van der Waals surface area contributed by atoms with Crippen LogP contribution in [0.15, 0.2) is 0 Å². The van der Waals surface area contributed by atoms with Gasteiger partial charge in [-0.25, -0.2) is 0 Å². The van der Waals surface area contributed by atoms with Gasteiger partial charge in [-0.1, -0.05) is 6.92 Å². The van der Waals surface area contributed by atoms with E-state index in [9.17, 15) is 9.90 Å². The lowest BCUT2D eigenvalue weighted by atomic mass is 9.78. The molecule has 0 spiro atoms. The van der Waals surface area contributed by atoms with Crippen molar-refractivity contribution in [3.05, 3.63) is 0 Å². The lowest BCUT2D eigenvalue weighted by molar-refractivity contribution is -0.151. The van der Waals surface area contributed by atoms with Gasteiger partial charge in [-0.15, -0.1) is 0 Å². The van der Waals surface area contributed by atoms with Gasteiger partial charge >= 0.3 is 5.97 Å². The summed E-state index contributed by atoms with van der Waals surface area (Å²) in [7, 11) is 0. The van der Waals surface area contributed by atoms with E-state index in [1.165, 1.54) is 6.42 Å². The molecule has 1 aliphatic heterocycles. The molecule has 1 saturated carbocycles. The Morgan fingerprint density at radius 3 is 2.50 bits per heavy atom. The first kappa shape index (κ1) is 15.8. The Morgan fingerprint density at radius 1 is 1.35 bits per heavy atom. The molecule has 2 unspecified atom stereocenters. The second kappa shape index (κ2) is 6.44. The van der Waals surface area contributed by atoms with Crippen molar-refractivity contribution in [1.29, 1.82) is 0 Å². The molecule has 20 heavy (non-hydrogen) atoms. The number of nitrogens with zero attached hydrogens (tertiary/aromatic N) is 1. The van der Waals surface area contributed by atoms with Crippen molar-refractivity contribution in [2.75, 3.05) is 19.7 Å². The molecule has 116 valence electrons. The van der Waals surface area contributed by atoms with E-state index in [0.29, 0.717) is 25.5 Å². The van der Waals surface area contributed by atoms with Gasteiger partial charge in [0.1, 0.15) is 0 Å². The standard InChI is InChI=1S/C16H29NO3/c1-4-20-15(18)14-5-7-16(19,8-6-14)11-17-10-12(2)9-13(17)3/h12-14,19H,4-11H2,1-3H3. The van der Waals surface area contributed by atoms with Gasteiger partial charge in [0.25, 0.3) is 0 Å². The van der Waals surface area contributed by atoms with E-state index in [-0.39, 0.29) is 11.9 Å². The van der Waals surface area contributed by atoms with Crippen LogP contribution in [0.2, 0.25) is 0 Å². The molecular weight excluding hydrogens is 254 g/mol. The summed E-state index contributed by atoms with van der Waals surface area (Å²) in [6, 6.07) is 0.566. The Morgan fingerprint density at radius 2 is 2.00 bits per heavy atom. The van der Waals surface area contributed by atoms with Crippen LogP contribution in [0.25, 0.3) is 0 Å². The van der Waals surface area contributed by atoms with Gasteiger partial charge in [0.2, 0.25) is 0 Å². The molecule has 2 fully saturated rings. The van der Waals surface area contributed by atoms with E-state index in [2.05, 4.69) is 18.7 Å². The molecule has 1 aliphatic carbocycles. The van der Waals surface area contributed by atoms with Gasteiger partial charge in [0.05, 0.1) is 18.1 Å². The van der Waals surface area contributed by atoms with E-state index >= 15 is 0 Å². The summed E-state index contributed by atoms with van der Waals surface area (Å²) in [5.41, 5.74) is -0.610. The number of aliphatic hydroxyl groups is 1. The third-order valence-corrected chi connectivity index (χ3v) is 4.95. The minimum absolute atomic E-state index is 0.00912. The molecule has 0 radical (unpaired) electrons. The quantitative estimate of drug-likeness (QED) is 0.804. The van der Waals surface area contributed by atoms with Crippen LogP contribution in [0.1, 0.15) is 52.9 Å². The monoisotopic (exact) mass is 283 g/mol. The van der Waals surface area contributed by atoms with Crippen LogP contribution in [-0.4, -0.2) is 47.3 Å². The first-order chi connectivity index (χ1) is 9.43. The maximum atomic E-state index is 11.7. The molecule has 1 N–H and O–H groups in total. The number of rotatable bonds is 4. The SMILES string of the molecule is CCOC(=O)C1CCC(O)(CN2CC(C)CC2C)CC1. The van der Waals surface area contributed by atoms with E-state index in [4.69, 9.17) is 4.74 Å². The Balaban J connectivity index is 1.83. The van der Waals surface area contributed by atoms with Crippen molar-refractivity contribution in [3.63, 3.8) is 0 Å². The number of carbonyl (C=O) groups excluding carboxylic acids is 1. The van der Waals surface area contributed by atoms with Crippen LogP contribution in [0.5, 0.6) is 0 Å². The molecule has 0 aromatic carbocycles. The van der Waals surface area contributed by atoms with Crippen molar-refractivity contribution in [2.45, 2.75) is 64.5 Å². The van der Waals surface area contributed by atoms with Crippen molar-refractivity contribution < 1.29 is 14.6 Å². The fraction of sp³-hybridized carbons (Fsp3) is 0.938. The highest BCUT2D eigenvalue weighted by Gasteiger charge is 2.39. The van der Waals surface area contributed by atoms with E-state index in [1.807, 2.05) is 6.92 Å². The summed E-state index contributed by atoms with van der Waals surface area (Å²) in [4.78, 5) is 14.1. The minimum Gasteiger partial charge on any atom is -0.466 e. The van der Waals surface area contributed by atoms with Gasteiger partial charge in [-0.3, -0.25) is 9.69 Å². The number of hydrogen-bond donors (Lipinski definition) is 1. The van der Waals surface area contributed by atoms with Crippen LogP contribution < -0.4 is 0 Å². The first-order valence-electron chi connectivity index (χ1n) is 8.06. The van der Waals surface area contributed by atoms with E-state index in [1.54, 1.807) is 0 Å². The van der Waals surface area contributed by atoms with Gasteiger partial charge in [-0.05, 0) is 51.9 Å². The Kier molecular flexibility index (Phi) is 5.08. The molecule has 0 amide bonds. The van der Waals surface area contributed by atoms with Crippen LogP contribution in [0, 0.1) is 11.8 Å². The predicted octanol–water partition coefficient (Wildman–Crippen LogP) is 2.20. The molecule has 2 rings (SSSR count). The highest BCUT2D eigenvalue weighted by Crippen LogP contribution is 2.35. The largest absolute Gasteiger partial charge is 0.466 e. The molecule has 4 heteroatoms. The fourth-order valence-corrected chi connectivity index (χ4v) is 3.79. The summed E-state index contributed by atoms with van der Waals surface area (Å²) in [6.45, 7) is 8.66. The zero-order chi connectivity index (χ0) is 14.8. The lowest BCUT2D eigenvalue weighted by Crippen LogP contribution is -2.47. The molecule has 0 bridgehead atoms. The summed E-state index contributed by atoms with van der Waals surface area (Å²) in [5.74, 6) is 0.632. The van der Waals surface area contributed by atoms with Crippen LogP contribution in [0.3, 0.4) is 0 Å². The Bertz CT molecular complexity index is 337. The van der Waals surface area contributed by atoms with Crippen molar-refractivity contribution in [3.8, 4) is 0 Å². The number of β-amino-alcohol motifs (C(OH)–C–C–N with tert-alkyl or cyclic N) is 1. The highest BCUT2D eigenvalue weighted by atomic mass is 16.5. The van der Waals surface area contributed by atoms with Crippen molar-refractivity contribution >= 4 is 5.97 Å². The third kappa shape index (κ3) is 3.73. The molecule has 1 saturated heterocycles. The summed E-state index contributed by atoms with van der Waals surface area (Å²) in [6.07, 6.45) is 4.17. The molecule has 0 aromatic rings. The van der Waals surface area contributed by atoms with Crippen LogP contribution in [0.4, 0.5) is 0 Å². The number of carbonyl (C=O) groups is 1. The summed E-state index contributed by atoms with van der Waals surface area (Å²) in [5, 5.41) is 10.8. The number of ether oxygens (including phenoxy) is 1. The molecule has 0 aromatic heterocycles. The molecule has 2 atom stereocenters. The van der Waals surface area contributed by atoms with Crippen molar-refractivity contribution in [1.82, 2.24) is 4.90 Å². The second-order valence-corrected chi connectivity index (χ2v) is 6.87.